The van der Waals surface area contributed by atoms with Gasteiger partial charge in [0.15, 0.2) is 0 Å². The van der Waals surface area contributed by atoms with E-state index in [0.717, 1.165) is 11.1 Å². The van der Waals surface area contributed by atoms with Crippen molar-refractivity contribution in [2.24, 2.45) is 0 Å². The second kappa shape index (κ2) is 7.76. The Kier molecular flexibility index (Phi) is 5.16. The van der Waals surface area contributed by atoms with Gasteiger partial charge in [-0.2, -0.15) is 4.31 Å². The highest BCUT2D eigenvalue weighted by Gasteiger charge is 2.36. The van der Waals surface area contributed by atoms with E-state index in [1.165, 1.54) is 4.31 Å². The van der Waals surface area contributed by atoms with Gasteiger partial charge in [0.05, 0.1) is 23.5 Å². The third kappa shape index (κ3) is 3.92. The summed E-state index contributed by atoms with van der Waals surface area (Å²) in [5.41, 5.74) is 2.52. The lowest BCUT2D eigenvalue weighted by Crippen LogP contribution is -2.46. The SMILES string of the molecule is Cc1ccc(S(=O)(=O)N2Cc3cncn3[C@@H](C(=O)NCc3cccnc3)C2)cc1. The van der Waals surface area contributed by atoms with Crippen LogP contribution in [0.15, 0.2) is 66.2 Å². The summed E-state index contributed by atoms with van der Waals surface area (Å²) in [6.45, 7) is 2.43. The molecule has 0 fully saturated rings. The first-order valence-electron chi connectivity index (χ1n) is 9.19. The number of pyridine rings is 1. The molecule has 150 valence electrons. The normalized spacial score (nSPS) is 16.9. The van der Waals surface area contributed by atoms with Gasteiger partial charge in [-0.25, -0.2) is 13.4 Å². The van der Waals surface area contributed by atoms with Crippen LogP contribution >= 0.6 is 0 Å². The molecule has 1 aromatic carbocycles. The van der Waals surface area contributed by atoms with Gasteiger partial charge in [0.25, 0.3) is 0 Å². The molecular formula is C20H21N5O3S. The van der Waals surface area contributed by atoms with Crippen LogP contribution in [-0.2, 0) is 27.9 Å². The number of imidazole rings is 1. The number of aryl methyl sites for hydroxylation is 1. The van der Waals surface area contributed by atoms with Crippen LogP contribution in [0, 0.1) is 6.92 Å². The fraction of sp³-hybridized carbons (Fsp3) is 0.250. The van der Waals surface area contributed by atoms with E-state index in [9.17, 15) is 13.2 Å². The molecule has 0 saturated heterocycles. The van der Waals surface area contributed by atoms with Gasteiger partial charge in [-0.1, -0.05) is 23.8 Å². The Balaban J connectivity index is 1.57. The molecule has 3 aromatic rings. The molecule has 1 aliphatic heterocycles. The maximum Gasteiger partial charge on any atom is 0.244 e. The van der Waals surface area contributed by atoms with Crippen molar-refractivity contribution in [3.05, 3.63) is 78.1 Å². The molecule has 0 unspecified atom stereocenters. The van der Waals surface area contributed by atoms with Crippen molar-refractivity contribution in [1.29, 1.82) is 0 Å². The predicted molar refractivity (Wildman–Crippen MR) is 106 cm³/mol. The van der Waals surface area contributed by atoms with Crippen molar-refractivity contribution >= 4 is 15.9 Å². The summed E-state index contributed by atoms with van der Waals surface area (Å²) in [6.07, 6.45) is 6.51. The largest absolute Gasteiger partial charge is 0.350 e. The van der Waals surface area contributed by atoms with E-state index in [2.05, 4.69) is 15.3 Å². The zero-order valence-corrected chi connectivity index (χ0v) is 16.7. The van der Waals surface area contributed by atoms with Crippen molar-refractivity contribution < 1.29 is 13.2 Å². The molecule has 1 amide bonds. The molecule has 3 heterocycles. The van der Waals surface area contributed by atoms with Crippen molar-refractivity contribution in [2.75, 3.05) is 6.54 Å². The fourth-order valence-corrected chi connectivity index (χ4v) is 4.74. The van der Waals surface area contributed by atoms with Gasteiger partial charge in [0, 0.05) is 31.7 Å². The van der Waals surface area contributed by atoms with Gasteiger partial charge in [-0.05, 0) is 30.7 Å². The molecule has 0 spiro atoms. The number of hydrogen-bond donors (Lipinski definition) is 1. The van der Waals surface area contributed by atoms with Gasteiger partial charge in [-0.3, -0.25) is 9.78 Å². The van der Waals surface area contributed by atoms with Crippen LogP contribution in [0.25, 0.3) is 0 Å². The molecule has 1 N–H and O–H groups in total. The third-order valence-corrected chi connectivity index (χ3v) is 6.77. The average Bonchev–Trinajstić information content (AvgIpc) is 3.21. The number of sulfonamides is 1. The number of rotatable bonds is 5. The van der Waals surface area contributed by atoms with Crippen LogP contribution in [0.2, 0.25) is 0 Å². The summed E-state index contributed by atoms with van der Waals surface area (Å²) in [7, 11) is -3.73. The molecule has 2 aromatic heterocycles. The van der Waals surface area contributed by atoms with E-state index < -0.39 is 16.1 Å². The number of carbonyl (C=O) groups is 1. The van der Waals surface area contributed by atoms with Crippen LogP contribution in [0.4, 0.5) is 0 Å². The number of benzene rings is 1. The molecule has 0 saturated carbocycles. The summed E-state index contributed by atoms with van der Waals surface area (Å²) in [6, 6.07) is 9.68. The summed E-state index contributed by atoms with van der Waals surface area (Å²) in [5.74, 6) is -0.267. The molecule has 0 bridgehead atoms. The van der Waals surface area contributed by atoms with Gasteiger partial charge in [-0.15, -0.1) is 0 Å². The minimum Gasteiger partial charge on any atom is -0.350 e. The summed E-state index contributed by atoms with van der Waals surface area (Å²) in [4.78, 5) is 21.2. The molecule has 0 radical (unpaired) electrons. The Bertz CT molecular complexity index is 1110. The van der Waals surface area contributed by atoms with Crippen LogP contribution < -0.4 is 5.32 Å². The first kappa shape index (κ1) is 19.3. The molecule has 4 rings (SSSR count). The molecule has 1 aliphatic rings. The highest BCUT2D eigenvalue weighted by atomic mass is 32.2. The molecule has 1 atom stereocenters. The van der Waals surface area contributed by atoms with Gasteiger partial charge in [0.2, 0.25) is 15.9 Å². The topological polar surface area (TPSA) is 97.2 Å². The highest BCUT2D eigenvalue weighted by Crippen LogP contribution is 2.27. The van der Waals surface area contributed by atoms with Crippen LogP contribution in [0.3, 0.4) is 0 Å². The average molecular weight is 411 g/mol. The molecule has 0 aliphatic carbocycles. The minimum atomic E-state index is -3.73. The monoisotopic (exact) mass is 411 g/mol. The Hall–Kier alpha value is -3.04. The molecule has 29 heavy (non-hydrogen) atoms. The fourth-order valence-electron chi connectivity index (χ4n) is 3.32. The summed E-state index contributed by atoms with van der Waals surface area (Å²) >= 11 is 0. The predicted octanol–water partition coefficient (Wildman–Crippen LogP) is 1.65. The molecule has 9 heteroatoms. The third-order valence-electron chi connectivity index (χ3n) is 4.95. The Labute approximate surface area is 169 Å². The van der Waals surface area contributed by atoms with Crippen molar-refractivity contribution in [2.45, 2.75) is 31.0 Å². The van der Waals surface area contributed by atoms with Gasteiger partial charge < -0.3 is 9.88 Å². The molecular weight excluding hydrogens is 390 g/mol. The number of nitrogens with zero attached hydrogens (tertiary/aromatic N) is 4. The lowest BCUT2D eigenvalue weighted by Gasteiger charge is -2.33. The lowest BCUT2D eigenvalue weighted by atomic mass is 10.2. The Morgan fingerprint density at radius 3 is 2.69 bits per heavy atom. The number of nitrogens with one attached hydrogen (secondary N) is 1. The van der Waals surface area contributed by atoms with Crippen LogP contribution in [-0.4, -0.2) is 39.7 Å². The first-order chi connectivity index (χ1) is 13.9. The van der Waals surface area contributed by atoms with E-state index in [0.29, 0.717) is 12.2 Å². The van der Waals surface area contributed by atoms with Crippen LogP contribution in [0.1, 0.15) is 22.9 Å². The number of fused-ring (bicyclic) bond motifs is 1. The van der Waals surface area contributed by atoms with Crippen molar-refractivity contribution in [1.82, 2.24) is 24.2 Å². The number of aromatic nitrogens is 3. The number of hydrogen-bond acceptors (Lipinski definition) is 5. The van der Waals surface area contributed by atoms with Gasteiger partial charge in [0.1, 0.15) is 6.04 Å². The van der Waals surface area contributed by atoms with Crippen molar-refractivity contribution in [3.8, 4) is 0 Å². The van der Waals surface area contributed by atoms with E-state index in [-0.39, 0.29) is 23.9 Å². The molecule has 8 nitrogen and oxygen atoms in total. The lowest BCUT2D eigenvalue weighted by molar-refractivity contribution is -0.125. The standard InChI is InChI=1S/C20H21N5O3S/c1-15-4-6-18(7-5-15)29(27,28)24-12-17-11-22-14-25(17)19(13-24)20(26)23-10-16-3-2-8-21-9-16/h2-9,11,14,19H,10,12-13H2,1H3,(H,23,26)/t19-/m1/s1. The Morgan fingerprint density at radius 2 is 1.97 bits per heavy atom. The maximum atomic E-state index is 13.1. The van der Waals surface area contributed by atoms with Crippen molar-refractivity contribution in [3.63, 3.8) is 0 Å². The van der Waals surface area contributed by atoms with E-state index in [4.69, 9.17) is 0 Å². The quantitative estimate of drug-likeness (QED) is 0.689. The Morgan fingerprint density at radius 1 is 1.17 bits per heavy atom. The minimum absolute atomic E-state index is 0.0401. The van der Waals surface area contributed by atoms with E-state index in [1.54, 1.807) is 59.8 Å². The summed E-state index contributed by atoms with van der Waals surface area (Å²) < 4.78 is 29.3. The summed E-state index contributed by atoms with van der Waals surface area (Å²) in [5, 5.41) is 2.87. The second-order valence-corrected chi connectivity index (χ2v) is 8.94. The zero-order valence-electron chi connectivity index (χ0n) is 15.9. The van der Waals surface area contributed by atoms with Gasteiger partial charge >= 0.3 is 0 Å². The number of carbonyl (C=O) groups excluding carboxylic acids is 1. The maximum absolute atomic E-state index is 13.1. The van der Waals surface area contributed by atoms with E-state index >= 15 is 0 Å². The first-order valence-corrected chi connectivity index (χ1v) is 10.6. The number of amides is 1. The smallest absolute Gasteiger partial charge is 0.244 e. The van der Waals surface area contributed by atoms with Crippen LogP contribution in [0.5, 0.6) is 0 Å². The zero-order chi connectivity index (χ0) is 20.4. The second-order valence-electron chi connectivity index (χ2n) is 7.00. The highest BCUT2D eigenvalue weighted by molar-refractivity contribution is 7.89. The van der Waals surface area contributed by atoms with E-state index in [1.807, 2.05) is 13.0 Å².